The average molecular weight is 401 g/mol. The van der Waals surface area contributed by atoms with Gasteiger partial charge in [-0.2, -0.15) is 0 Å². The van der Waals surface area contributed by atoms with Gasteiger partial charge in [0.1, 0.15) is 5.69 Å². The lowest BCUT2D eigenvalue weighted by Gasteiger charge is -2.32. The molecule has 1 aliphatic rings. The van der Waals surface area contributed by atoms with Gasteiger partial charge >= 0.3 is 6.03 Å². The molecule has 0 saturated heterocycles. The molecule has 3 aromatic heterocycles. The summed E-state index contributed by atoms with van der Waals surface area (Å²) in [6.45, 7) is 4.70. The average Bonchev–Trinajstić information content (AvgIpc) is 3.35. The van der Waals surface area contributed by atoms with Gasteiger partial charge in [0.05, 0.1) is 0 Å². The molecule has 1 aliphatic heterocycles. The molecule has 0 radical (unpaired) electrons. The minimum absolute atomic E-state index is 0.265. The number of fused-ring (bicyclic) bond motifs is 1. The van der Waals surface area contributed by atoms with Crippen LogP contribution in [0.2, 0.25) is 0 Å². The molecule has 0 fully saturated rings. The Hall–Kier alpha value is -2.36. The molecule has 0 saturated carbocycles. The molecule has 9 heteroatoms. The van der Waals surface area contributed by atoms with Crippen molar-refractivity contribution < 1.29 is 4.79 Å². The molecule has 0 aliphatic carbocycles. The maximum absolute atomic E-state index is 12.2. The second-order valence-corrected chi connectivity index (χ2v) is 8.38. The molecule has 3 aromatic rings. The molecular weight excluding hydrogens is 380 g/mol. The van der Waals surface area contributed by atoms with Crippen LogP contribution in [0.4, 0.5) is 9.93 Å². The minimum atomic E-state index is -0.265. The summed E-state index contributed by atoms with van der Waals surface area (Å²) in [4.78, 5) is 20.3. The van der Waals surface area contributed by atoms with Crippen molar-refractivity contribution in [3.05, 3.63) is 46.3 Å². The molecule has 1 atom stereocenters. The number of amides is 2. The van der Waals surface area contributed by atoms with Crippen LogP contribution < -0.4 is 10.6 Å². The number of hydrogen-bond donors (Lipinski definition) is 2. The number of aromatic nitrogens is 3. The third kappa shape index (κ3) is 4.32. The van der Waals surface area contributed by atoms with E-state index in [0.717, 1.165) is 25.2 Å². The van der Waals surface area contributed by atoms with Gasteiger partial charge in [0.15, 0.2) is 5.01 Å². The van der Waals surface area contributed by atoms with Crippen LogP contribution in [0.25, 0.3) is 10.7 Å². The first-order chi connectivity index (χ1) is 13.2. The first-order valence-electron chi connectivity index (χ1n) is 8.78. The van der Waals surface area contributed by atoms with Crippen LogP contribution >= 0.6 is 22.7 Å². The highest BCUT2D eigenvalue weighted by Gasteiger charge is 2.21. The number of nitrogens with one attached hydrogen (secondary N) is 2. The molecule has 2 N–H and O–H groups in total. The van der Waals surface area contributed by atoms with Gasteiger partial charge in [0.25, 0.3) is 0 Å². The van der Waals surface area contributed by atoms with Gasteiger partial charge in [-0.25, -0.2) is 4.79 Å². The number of carbonyl (C=O) groups is 1. The normalized spacial score (nSPS) is 15.1. The van der Waals surface area contributed by atoms with E-state index in [1.165, 1.54) is 21.8 Å². The van der Waals surface area contributed by atoms with E-state index in [4.69, 9.17) is 0 Å². The van der Waals surface area contributed by atoms with Crippen molar-refractivity contribution in [2.45, 2.75) is 25.9 Å². The van der Waals surface area contributed by atoms with Crippen molar-refractivity contribution in [3.63, 3.8) is 0 Å². The number of hydrogen-bond acceptors (Lipinski definition) is 7. The molecule has 4 rings (SSSR count). The van der Waals surface area contributed by atoms with Crippen molar-refractivity contribution in [2.24, 2.45) is 0 Å². The molecule has 0 spiro atoms. The Morgan fingerprint density at radius 1 is 1.33 bits per heavy atom. The molecule has 0 unspecified atom stereocenters. The fourth-order valence-corrected chi connectivity index (χ4v) is 4.63. The number of pyridine rings is 1. The fourth-order valence-electron chi connectivity index (χ4n) is 3.02. The van der Waals surface area contributed by atoms with Gasteiger partial charge in [0, 0.05) is 36.8 Å². The van der Waals surface area contributed by atoms with Crippen molar-refractivity contribution in [1.82, 2.24) is 25.4 Å². The van der Waals surface area contributed by atoms with Crippen LogP contribution in [-0.2, 0) is 13.0 Å². The summed E-state index contributed by atoms with van der Waals surface area (Å²) >= 11 is 3.14. The van der Waals surface area contributed by atoms with Gasteiger partial charge < -0.3 is 5.32 Å². The summed E-state index contributed by atoms with van der Waals surface area (Å²) in [6.07, 6.45) is 2.79. The van der Waals surface area contributed by atoms with Crippen molar-refractivity contribution in [3.8, 4) is 10.7 Å². The maximum Gasteiger partial charge on any atom is 0.321 e. The predicted molar refractivity (Wildman–Crippen MR) is 108 cm³/mol. The first-order valence-corrected chi connectivity index (χ1v) is 10.5. The third-order valence-electron chi connectivity index (χ3n) is 4.55. The summed E-state index contributed by atoms with van der Waals surface area (Å²) in [7, 11) is 0. The Kier molecular flexibility index (Phi) is 5.42. The van der Waals surface area contributed by atoms with E-state index in [2.05, 4.69) is 49.1 Å². The van der Waals surface area contributed by atoms with Gasteiger partial charge in [-0.1, -0.05) is 17.4 Å². The Morgan fingerprint density at radius 2 is 2.26 bits per heavy atom. The molecule has 140 valence electrons. The number of anilines is 1. The van der Waals surface area contributed by atoms with Crippen LogP contribution in [0.3, 0.4) is 0 Å². The standard InChI is InChI=1S/C18H20N6OS2/c1-12(24-8-5-15-13(11-24)6-9-26-15)10-20-17(25)21-18-23-22-16(27-18)14-4-2-3-7-19-14/h2-4,6-7,9,12H,5,8,10-11H2,1H3,(H2,20,21,23,25)/t12-/m1/s1. The molecule has 2 amide bonds. The zero-order valence-electron chi connectivity index (χ0n) is 14.9. The lowest BCUT2D eigenvalue weighted by molar-refractivity contribution is 0.188. The summed E-state index contributed by atoms with van der Waals surface area (Å²) in [5, 5.41) is 17.1. The Balaban J connectivity index is 1.27. The largest absolute Gasteiger partial charge is 0.336 e. The number of nitrogens with zero attached hydrogens (tertiary/aromatic N) is 4. The van der Waals surface area contributed by atoms with Gasteiger partial charge in [0.2, 0.25) is 5.13 Å². The van der Waals surface area contributed by atoms with E-state index in [1.54, 1.807) is 6.20 Å². The highest BCUT2D eigenvalue weighted by Crippen LogP contribution is 2.25. The van der Waals surface area contributed by atoms with Gasteiger partial charge in [-0.05, 0) is 42.5 Å². The van der Waals surface area contributed by atoms with Crippen molar-refractivity contribution in [2.75, 3.05) is 18.4 Å². The quantitative estimate of drug-likeness (QED) is 0.687. The van der Waals surface area contributed by atoms with Gasteiger partial charge in [-0.15, -0.1) is 21.5 Å². The zero-order valence-corrected chi connectivity index (χ0v) is 16.5. The lowest BCUT2D eigenvalue weighted by atomic mass is 10.1. The summed E-state index contributed by atoms with van der Waals surface area (Å²) < 4.78 is 0. The summed E-state index contributed by atoms with van der Waals surface area (Å²) in [6, 6.07) is 7.81. The summed E-state index contributed by atoms with van der Waals surface area (Å²) in [5.74, 6) is 0. The van der Waals surface area contributed by atoms with Gasteiger partial charge in [-0.3, -0.25) is 15.2 Å². The lowest BCUT2D eigenvalue weighted by Crippen LogP contribution is -2.45. The van der Waals surface area contributed by atoms with E-state index >= 15 is 0 Å². The fraction of sp³-hybridized carbons (Fsp3) is 0.333. The third-order valence-corrected chi connectivity index (χ3v) is 6.43. The highest BCUT2D eigenvalue weighted by atomic mass is 32.1. The second-order valence-electron chi connectivity index (χ2n) is 6.40. The molecule has 0 aromatic carbocycles. The molecule has 7 nitrogen and oxygen atoms in total. The van der Waals surface area contributed by atoms with Crippen LogP contribution in [0.5, 0.6) is 0 Å². The second kappa shape index (κ2) is 8.12. The molecular formula is C18H20N6OS2. The zero-order chi connectivity index (χ0) is 18.6. The van der Waals surface area contributed by atoms with Crippen LogP contribution in [0.15, 0.2) is 35.8 Å². The van der Waals surface area contributed by atoms with Crippen LogP contribution in [0.1, 0.15) is 17.4 Å². The molecule has 0 bridgehead atoms. The highest BCUT2D eigenvalue weighted by molar-refractivity contribution is 7.18. The first kappa shape index (κ1) is 18.0. The maximum atomic E-state index is 12.2. The predicted octanol–water partition coefficient (Wildman–Crippen LogP) is 3.23. The smallest absolute Gasteiger partial charge is 0.321 e. The van der Waals surface area contributed by atoms with Crippen molar-refractivity contribution >= 4 is 33.8 Å². The summed E-state index contributed by atoms with van der Waals surface area (Å²) in [5.41, 5.74) is 2.16. The Labute approximate surface area is 165 Å². The van der Waals surface area contributed by atoms with E-state index in [1.807, 2.05) is 29.5 Å². The van der Waals surface area contributed by atoms with E-state index in [-0.39, 0.29) is 12.1 Å². The van der Waals surface area contributed by atoms with E-state index < -0.39 is 0 Å². The molecule has 4 heterocycles. The monoisotopic (exact) mass is 400 g/mol. The van der Waals surface area contributed by atoms with E-state index in [9.17, 15) is 4.79 Å². The number of thiophene rings is 1. The van der Waals surface area contributed by atoms with Crippen molar-refractivity contribution in [1.29, 1.82) is 0 Å². The Morgan fingerprint density at radius 3 is 3.11 bits per heavy atom. The Bertz CT molecular complexity index is 909. The van der Waals surface area contributed by atoms with Crippen LogP contribution in [-0.4, -0.2) is 45.2 Å². The number of carbonyl (C=O) groups excluding carboxylic acids is 1. The topological polar surface area (TPSA) is 83.0 Å². The molecule has 27 heavy (non-hydrogen) atoms. The van der Waals surface area contributed by atoms with Crippen LogP contribution in [0, 0.1) is 0 Å². The number of urea groups is 1. The minimum Gasteiger partial charge on any atom is -0.336 e. The number of rotatable bonds is 5. The van der Waals surface area contributed by atoms with E-state index in [0.29, 0.717) is 16.7 Å². The SMILES string of the molecule is C[C@H](CNC(=O)Nc1nnc(-c2ccccn2)s1)N1CCc2sccc2C1.